The summed E-state index contributed by atoms with van der Waals surface area (Å²) in [7, 11) is 1.66. The first-order valence-corrected chi connectivity index (χ1v) is 6.47. The van der Waals surface area contributed by atoms with Crippen LogP contribution in [0.15, 0.2) is 18.2 Å². The molecule has 1 unspecified atom stereocenters. The third-order valence-corrected chi connectivity index (χ3v) is 3.52. The molecular formula is C13H20Cl2N2O2. The minimum absolute atomic E-state index is 0. The molecular weight excluding hydrogens is 287 g/mol. The van der Waals surface area contributed by atoms with Crippen LogP contribution < -0.4 is 10.5 Å². The van der Waals surface area contributed by atoms with Gasteiger partial charge in [-0.2, -0.15) is 0 Å². The molecule has 0 bridgehead atoms. The highest BCUT2D eigenvalue weighted by molar-refractivity contribution is 6.31. The molecule has 0 aromatic heterocycles. The normalized spacial score (nSPS) is 19.8. The van der Waals surface area contributed by atoms with E-state index in [1.54, 1.807) is 7.11 Å². The summed E-state index contributed by atoms with van der Waals surface area (Å²) in [5.74, 6) is 0.832. The summed E-state index contributed by atoms with van der Waals surface area (Å²) in [5, 5.41) is 0.741. The van der Waals surface area contributed by atoms with Crippen molar-refractivity contribution >= 4 is 24.0 Å². The lowest BCUT2D eigenvalue weighted by Crippen LogP contribution is -2.45. The van der Waals surface area contributed by atoms with Gasteiger partial charge < -0.3 is 15.2 Å². The van der Waals surface area contributed by atoms with Crippen molar-refractivity contribution in [3.8, 4) is 5.75 Å². The van der Waals surface area contributed by atoms with Crippen LogP contribution in [0.1, 0.15) is 5.56 Å². The number of rotatable bonds is 4. The predicted octanol–water partition coefficient (Wildman–Crippen LogP) is 1.93. The van der Waals surface area contributed by atoms with Gasteiger partial charge in [0, 0.05) is 36.8 Å². The summed E-state index contributed by atoms with van der Waals surface area (Å²) < 4.78 is 10.9. The van der Waals surface area contributed by atoms with Crippen molar-refractivity contribution in [1.29, 1.82) is 0 Å². The van der Waals surface area contributed by atoms with Gasteiger partial charge in [0.25, 0.3) is 0 Å². The molecule has 1 fully saturated rings. The Kier molecular flexibility index (Phi) is 6.89. The molecule has 1 aliphatic rings. The van der Waals surface area contributed by atoms with Crippen LogP contribution in [0.25, 0.3) is 0 Å². The molecule has 0 radical (unpaired) electrons. The summed E-state index contributed by atoms with van der Waals surface area (Å²) in [6, 6.07) is 5.72. The largest absolute Gasteiger partial charge is 0.496 e. The van der Waals surface area contributed by atoms with Gasteiger partial charge in [-0.05, 0) is 12.1 Å². The van der Waals surface area contributed by atoms with E-state index >= 15 is 0 Å². The molecule has 2 N–H and O–H groups in total. The van der Waals surface area contributed by atoms with Crippen LogP contribution in [-0.2, 0) is 11.3 Å². The van der Waals surface area contributed by atoms with Gasteiger partial charge in [0.1, 0.15) is 5.75 Å². The highest BCUT2D eigenvalue weighted by atomic mass is 35.5. The van der Waals surface area contributed by atoms with E-state index in [1.807, 2.05) is 18.2 Å². The number of nitrogens with two attached hydrogens (primary N) is 1. The molecule has 0 amide bonds. The zero-order valence-electron chi connectivity index (χ0n) is 11.0. The molecule has 6 heteroatoms. The Morgan fingerprint density at radius 1 is 1.53 bits per heavy atom. The zero-order chi connectivity index (χ0) is 13.0. The van der Waals surface area contributed by atoms with Crippen molar-refractivity contribution in [2.75, 3.05) is 33.4 Å². The second kappa shape index (κ2) is 7.92. The number of hydrogen-bond donors (Lipinski definition) is 1. The number of morpholine rings is 1. The van der Waals surface area contributed by atoms with E-state index < -0.39 is 0 Å². The maximum absolute atomic E-state index is 6.24. The van der Waals surface area contributed by atoms with Gasteiger partial charge in [-0.15, -0.1) is 12.4 Å². The van der Waals surface area contributed by atoms with Crippen molar-refractivity contribution in [1.82, 2.24) is 4.90 Å². The number of hydrogen-bond acceptors (Lipinski definition) is 4. The lowest BCUT2D eigenvalue weighted by Gasteiger charge is -2.32. The van der Waals surface area contributed by atoms with Crippen molar-refractivity contribution in [2.45, 2.75) is 12.6 Å². The van der Waals surface area contributed by atoms with E-state index in [1.165, 1.54) is 0 Å². The highest BCUT2D eigenvalue weighted by Crippen LogP contribution is 2.28. The van der Waals surface area contributed by atoms with Gasteiger partial charge in [-0.3, -0.25) is 4.90 Å². The topological polar surface area (TPSA) is 47.7 Å². The second-order valence-electron chi connectivity index (χ2n) is 4.38. The maximum atomic E-state index is 6.24. The molecule has 1 aliphatic heterocycles. The van der Waals surface area contributed by atoms with Crippen LogP contribution >= 0.6 is 24.0 Å². The fraction of sp³-hybridized carbons (Fsp3) is 0.538. The molecule has 1 aromatic carbocycles. The lowest BCUT2D eigenvalue weighted by atomic mass is 10.1. The molecule has 19 heavy (non-hydrogen) atoms. The monoisotopic (exact) mass is 306 g/mol. The van der Waals surface area contributed by atoms with Gasteiger partial charge in [0.15, 0.2) is 0 Å². The predicted molar refractivity (Wildman–Crippen MR) is 79.3 cm³/mol. The third-order valence-electron chi connectivity index (χ3n) is 3.16. The quantitative estimate of drug-likeness (QED) is 0.923. The van der Waals surface area contributed by atoms with E-state index in [9.17, 15) is 0 Å². The Morgan fingerprint density at radius 3 is 3.00 bits per heavy atom. The van der Waals surface area contributed by atoms with Crippen LogP contribution in [0.5, 0.6) is 5.75 Å². The van der Waals surface area contributed by atoms with Crippen molar-refractivity contribution in [2.24, 2.45) is 5.73 Å². The van der Waals surface area contributed by atoms with E-state index in [4.69, 9.17) is 26.8 Å². The van der Waals surface area contributed by atoms with Gasteiger partial charge >= 0.3 is 0 Å². The fourth-order valence-corrected chi connectivity index (χ4v) is 2.40. The van der Waals surface area contributed by atoms with Gasteiger partial charge in [0.05, 0.1) is 19.8 Å². The van der Waals surface area contributed by atoms with Crippen LogP contribution in [0.4, 0.5) is 0 Å². The zero-order valence-corrected chi connectivity index (χ0v) is 12.5. The summed E-state index contributed by atoms with van der Waals surface area (Å²) >= 11 is 6.24. The average Bonchev–Trinajstić information content (AvgIpc) is 2.41. The van der Waals surface area contributed by atoms with E-state index in [2.05, 4.69) is 4.90 Å². The van der Waals surface area contributed by atoms with Crippen LogP contribution in [0.2, 0.25) is 5.02 Å². The smallest absolute Gasteiger partial charge is 0.124 e. The molecule has 0 saturated carbocycles. The Bertz CT molecular complexity index is 404. The summed E-state index contributed by atoms with van der Waals surface area (Å²) in [5.41, 5.74) is 6.67. The molecule has 1 atom stereocenters. The van der Waals surface area contributed by atoms with Crippen molar-refractivity contribution in [3.05, 3.63) is 28.8 Å². The number of methoxy groups -OCH3 is 1. The molecule has 0 spiro atoms. The first-order chi connectivity index (χ1) is 8.74. The van der Waals surface area contributed by atoms with Crippen LogP contribution in [-0.4, -0.2) is 44.4 Å². The molecule has 2 rings (SSSR count). The average molecular weight is 307 g/mol. The Balaban J connectivity index is 0.00000180. The number of nitrogens with zero attached hydrogens (tertiary/aromatic N) is 1. The van der Waals surface area contributed by atoms with Crippen LogP contribution in [0, 0.1) is 0 Å². The van der Waals surface area contributed by atoms with Gasteiger partial charge in [-0.1, -0.05) is 17.7 Å². The van der Waals surface area contributed by atoms with Gasteiger partial charge in [0.2, 0.25) is 0 Å². The SMILES string of the molecule is COc1cccc(Cl)c1CN1CCOC(CN)C1.Cl. The molecule has 108 valence electrons. The minimum atomic E-state index is 0. The number of halogens is 2. The third kappa shape index (κ3) is 4.23. The maximum Gasteiger partial charge on any atom is 0.124 e. The Labute approximate surface area is 125 Å². The molecule has 0 aliphatic carbocycles. The second-order valence-corrected chi connectivity index (χ2v) is 4.79. The molecule has 1 saturated heterocycles. The summed E-state index contributed by atoms with van der Waals surface area (Å²) in [6.07, 6.45) is 0.118. The van der Waals surface area contributed by atoms with Crippen LogP contribution in [0.3, 0.4) is 0 Å². The Hall–Kier alpha value is -0.520. The highest BCUT2D eigenvalue weighted by Gasteiger charge is 2.21. The number of ether oxygens (including phenoxy) is 2. The molecule has 1 aromatic rings. The van der Waals surface area contributed by atoms with E-state index in [0.29, 0.717) is 13.2 Å². The number of benzene rings is 1. The minimum Gasteiger partial charge on any atom is -0.496 e. The first kappa shape index (κ1) is 16.5. The standard InChI is InChI=1S/C13H19ClN2O2.ClH/c1-17-13-4-2-3-12(14)11(13)9-16-5-6-18-10(7-15)8-16;/h2-4,10H,5-9,15H2,1H3;1H. The molecule has 4 nitrogen and oxygen atoms in total. The van der Waals surface area contributed by atoms with E-state index in [-0.39, 0.29) is 18.5 Å². The lowest BCUT2D eigenvalue weighted by molar-refractivity contribution is -0.0262. The van der Waals surface area contributed by atoms with E-state index in [0.717, 1.165) is 36.0 Å². The summed E-state index contributed by atoms with van der Waals surface area (Å²) in [6.45, 7) is 3.77. The van der Waals surface area contributed by atoms with Gasteiger partial charge in [-0.25, -0.2) is 0 Å². The van der Waals surface area contributed by atoms with Crippen molar-refractivity contribution in [3.63, 3.8) is 0 Å². The first-order valence-electron chi connectivity index (χ1n) is 6.10. The molecule has 1 heterocycles. The fourth-order valence-electron chi connectivity index (χ4n) is 2.17. The summed E-state index contributed by atoms with van der Waals surface area (Å²) in [4.78, 5) is 2.30. The van der Waals surface area contributed by atoms with Crippen molar-refractivity contribution < 1.29 is 9.47 Å². The Morgan fingerprint density at radius 2 is 2.32 bits per heavy atom.